The molecule has 0 aromatic carbocycles. The van der Waals surface area contributed by atoms with Gasteiger partial charge in [-0.1, -0.05) is 5.16 Å². The van der Waals surface area contributed by atoms with Crippen LogP contribution in [0.5, 0.6) is 0 Å². The van der Waals surface area contributed by atoms with Gasteiger partial charge >= 0.3 is 0 Å². The van der Waals surface area contributed by atoms with E-state index in [1.807, 2.05) is 18.7 Å². The largest absolute Gasteiger partial charge is 0.369 e. The summed E-state index contributed by atoms with van der Waals surface area (Å²) in [4.78, 5) is 27.8. The molecule has 2 aliphatic rings. The van der Waals surface area contributed by atoms with E-state index in [0.717, 1.165) is 56.0 Å². The van der Waals surface area contributed by atoms with E-state index in [1.54, 1.807) is 0 Å². The summed E-state index contributed by atoms with van der Waals surface area (Å²) in [6, 6.07) is 0.432. The van der Waals surface area contributed by atoms with E-state index in [-0.39, 0.29) is 17.7 Å². The molecule has 7 heteroatoms. The van der Waals surface area contributed by atoms with E-state index in [9.17, 15) is 9.59 Å². The second-order valence-electron chi connectivity index (χ2n) is 6.97. The van der Waals surface area contributed by atoms with Gasteiger partial charge in [0.25, 0.3) is 0 Å². The number of likely N-dealkylation sites (tertiary alicyclic amines) is 2. The normalized spacial score (nSPS) is 20.2. The summed E-state index contributed by atoms with van der Waals surface area (Å²) in [6.45, 7) is 7.18. The SMILES string of the molecule is Cc1noc(C)c1CCC(=O)N1CC(N2CCC(C(N)=O)CC2)C1. The van der Waals surface area contributed by atoms with Crippen LogP contribution in [0.15, 0.2) is 4.52 Å². The van der Waals surface area contributed by atoms with E-state index < -0.39 is 0 Å². The first-order valence-electron chi connectivity index (χ1n) is 8.68. The molecule has 2 fully saturated rings. The molecule has 0 bridgehead atoms. The third-order valence-electron chi connectivity index (χ3n) is 5.43. The zero-order chi connectivity index (χ0) is 17.3. The fraction of sp³-hybridized carbons (Fsp3) is 0.706. The molecule has 3 heterocycles. The fourth-order valence-electron chi connectivity index (χ4n) is 3.69. The van der Waals surface area contributed by atoms with Crippen LogP contribution in [0.1, 0.15) is 36.3 Å². The summed E-state index contributed by atoms with van der Waals surface area (Å²) in [5.74, 6) is 0.839. The maximum absolute atomic E-state index is 12.3. The number of carbonyl (C=O) groups excluding carboxylic acids is 2. The Labute approximate surface area is 142 Å². The van der Waals surface area contributed by atoms with Crippen LogP contribution >= 0.6 is 0 Å². The van der Waals surface area contributed by atoms with Crippen molar-refractivity contribution >= 4 is 11.8 Å². The predicted molar refractivity (Wildman–Crippen MR) is 88.2 cm³/mol. The van der Waals surface area contributed by atoms with E-state index in [0.29, 0.717) is 18.9 Å². The van der Waals surface area contributed by atoms with Crippen molar-refractivity contribution in [1.29, 1.82) is 0 Å². The highest BCUT2D eigenvalue weighted by atomic mass is 16.5. The van der Waals surface area contributed by atoms with Gasteiger partial charge in [-0.25, -0.2) is 0 Å². The highest BCUT2D eigenvalue weighted by molar-refractivity contribution is 5.77. The van der Waals surface area contributed by atoms with E-state index >= 15 is 0 Å². The van der Waals surface area contributed by atoms with Crippen LogP contribution in [0.3, 0.4) is 0 Å². The lowest BCUT2D eigenvalue weighted by molar-refractivity contribution is -0.139. The summed E-state index contributed by atoms with van der Waals surface area (Å²) in [7, 11) is 0. The van der Waals surface area contributed by atoms with Crippen LogP contribution in [-0.4, -0.2) is 59.0 Å². The summed E-state index contributed by atoms with van der Waals surface area (Å²) in [5, 5.41) is 3.93. The van der Waals surface area contributed by atoms with Gasteiger partial charge in [-0.3, -0.25) is 14.5 Å². The quantitative estimate of drug-likeness (QED) is 0.853. The lowest BCUT2D eigenvalue weighted by atomic mass is 9.93. The van der Waals surface area contributed by atoms with E-state index in [1.165, 1.54) is 0 Å². The summed E-state index contributed by atoms with van der Waals surface area (Å²) < 4.78 is 5.14. The minimum atomic E-state index is -0.181. The summed E-state index contributed by atoms with van der Waals surface area (Å²) in [6.07, 6.45) is 2.86. The second-order valence-corrected chi connectivity index (χ2v) is 6.97. The number of carbonyl (C=O) groups is 2. The fourth-order valence-corrected chi connectivity index (χ4v) is 3.69. The zero-order valence-corrected chi connectivity index (χ0v) is 14.5. The van der Waals surface area contributed by atoms with E-state index in [2.05, 4.69) is 10.1 Å². The number of rotatable bonds is 5. The highest BCUT2D eigenvalue weighted by Gasteiger charge is 2.36. The Morgan fingerprint density at radius 3 is 2.46 bits per heavy atom. The molecule has 0 aliphatic carbocycles. The number of nitrogens with zero attached hydrogens (tertiary/aromatic N) is 3. The number of nitrogens with two attached hydrogens (primary N) is 1. The van der Waals surface area contributed by atoms with E-state index in [4.69, 9.17) is 10.3 Å². The van der Waals surface area contributed by atoms with Crippen LogP contribution in [0, 0.1) is 19.8 Å². The van der Waals surface area contributed by atoms with Crippen molar-refractivity contribution in [2.75, 3.05) is 26.2 Å². The molecular formula is C17H26N4O3. The van der Waals surface area contributed by atoms with Gasteiger partial charge in [0, 0.05) is 37.0 Å². The number of aromatic nitrogens is 1. The average molecular weight is 334 g/mol. The molecular weight excluding hydrogens is 308 g/mol. The van der Waals surface area contributed by atoms with Crippen LogP contribution in [0.25, 0.3) is 0 Å². The molecule has 1 aromatic rings. The van der Waals surface area contributed by atoms with Gasteiger partial charge in [0.15, 0.2) is 0 Å². The Balaban J connectivity index is 1.40. The first kappa shape index (κ1) is 17.0. The van der Waals surface area contributed by atoms with Crippen molar-refractivity contribution in [3.05, 3.63) is 17.0 Å². The molecule has 0 unspecified atom stereocenters. The van der Waals surface area contributed by atoms with Crippen molar-refractivity contribution < 1.29 is 14.1 Å². The smallest absolute Gasteiger partial charge is 0.223 e. The Kier molecular flexibility index (Phi) is 4.89. The summed E-state index contributed by atoms with van der Waals surface area (Å²) in [5.41, 5.74) is 7.29. The molecule has 2 saturated heterocycles. The Bertz CT molecular complexity index is 594. The van der Waals surface area contributed by atoms with Gasteiger partial charge in [-0.05, 0) is 46.2 Å². The van der Waals surface area contributed by atoms with Crippen molar-refractivity contribution in [2.45, 2.75) is 45.6 Å². The third kappa shape index (κ3) is 3.45. The van der Waals surface area contributed by atoms with Crippen LogP contribution < -0.4 is 5.73 Å². The molecule has 2 amide bonds. The Hall–Kier alpha value is -1.89. The lowest BCUT2D eigenvalue weighted by Gasteiger charge is -2.47. The monoisotopic (exact) mass is 334 g/mol. The van der Waals surface area contributed by atoms with Crippen LogP contribution in [0.2, 0.25) is 0 Å². The van der Waals surface area contributed by atoms with Crippen molar-refractivity contribution in [2.24, 2.45) is 11.7 Å². The van der Waals surface area contributed by atoms with Gasteiger partial charge in [0.05, 0.1) is 5.69 Å². The number of aryl methyl sites for hydroxylation is 2. The van der Waals surface area contributed by atoms with Gasteiger partial charge < -0.3 is 15.2 Å². The molecule has 0 saturated carbocycles. The average Bonchev–Trinajstić information content (AvgIpc) is 2.83. The van der Waals surface area contributed by atoms with Crippen LogP contribution in [-0.2, 0) is 16.0 Å². The first-order chi connectivity index (χ1) is 11.5. The van der Waals surface area contributed by atoms with Gasteiger partial charge in [-0.2, -0.15) is 0 Å². The molecule has 2 N–H and O–H groups in total. The Morgan fingerprint density at radius 1 is 1.25 bits per heavy atom. The van der Waals surface area contributed by atoms with Crippen molar-refractivity contribution in [3.8, 4) is 0 Å². The minimum absolute atomic E-state index is 0.0223. The minimum Gasteiger partial charge on any atom is -0.369 e. The molecule has 3 rings (SSSR count). The maximum Gasteiger partial charge on any atom is 0.223 e. The molecule has 1 aromatic heterocycles. The number of amides is 2. The van der Waals surface area contributed by atoms with Gasteiger partial charge in [0.1, 0.15) is 5.76 Å². The van der Waals surface area contributed by atoms with Crippen LogP contribution in [0.4, 0.5) is 0 Å². The zero-order valence-electron chi connectivity index (χ0n) is 14.5. The predicted octanol–water partition coefficient (Wildman–Crippen LogP) is 0.632. The topological polar surface area (TPSA) is 92.7 Å². The Morgan fingerprint density at radius 2 is 1.92 bits per heavy atom. The highest BCUT2D eigenvalue weighted by Crippen LogP contribution is 2.24. The lowest BCUT2D eigenvalue weighted by Crippen LogP contribution is -2.62. The standard InChI is InChI=1S/C17H26N4O3/c1-11-15(12(2)24-19-11)3-4-16(22)21-9-14(10-21)20-7-5-13(6-8-20)17(18)23/h13-14H,3-10H2,1-2H3,(H2,18,23). The molecule has 0 atom stereocenters. The number of primary amides is 1. The van der Waals surface area contributed by atoms with Gasteiger partial charge in [0.2, 0.25) is 11.8 Å². The third-order valence-corrected chi connectivity index (χ3v) is 5.43. The molecule has 24 heavy (non-hydrogen) atoms. The molecule has 2 aliphatic heterocycles. The van der Waals surface area contributed by atoms with Gasteiger partial charge in [-0.15, -0.1) is 0 Å². The molecule has 0 radical (unpaired) electrons. The summed E-state index contributed by atoms with van der Waals surface area (Å²) >= 11 is 0. The maximum atomic E-state index is 12.3. The first-order valence-corrected chi connectivity index (χ1v) is 8.68. The molecule has 0 spiro atoms. The van der Waals surface area contributed by atoms with Crippen molar-refractivity contribution in [1.82, 2.24) is 15.0 Å². The number of hydrogen-bond acceptors (Lipinski definition) is 5. The second kappa shape index (κ2) is 6.93. The number of hydrogen-bond donors (Lipinski definition) is 1. The molecule has 7 nitrogen and oxygen atoms in total. The molecule has 132 valence electrons. The number of piperidine rings is 1. The van der Waals surface area contributed by atoms with Crippen molar-refractivity contribution in [3.63, 3.8) is 0 Å².